The molecule has 64 valence electrons. The van der Waals surface area contributed by atoms with Gasteiger partial charge in [0.1, 0.15) is 0 Å². The summed E-state index contributed by atoms with van der Waals surface area (Å²) < 4.78 is 0. The highest BCUT2D eigenvalue weighted by atomic mass is 32.1. The number of fused-ring (bicyclic) bond motifs is 1. The molecule has 0 aliphatic heterocycles. The van der Waals surface area contributed by atoms with E-state index in [4.69, 9.17) is 5.21 Å². The van der Waals surface area contributed by atoms with Gasteiger partial charge in [-0.15, -0.1) is 11.3 Å². The summed E-state index contributed by atoms with van der Waals surface area (Å²) in [7, 11) is 0. The van der Waals surface area contributed by atoms with Crippen molar-refractivity contribution in [2.75, 3.05) is 0 Å². The molecule has 1 aromatic heterocycles. The van der Waals surface area contributed by atoms with E-state index in [2.05, 4.69) is 18.1 Å². The minimum atomic E-state index is 0.870. The van der Waals surface area contributed by atoms with Crippen molar-refractivity contribution in [3.63, 3.8) is 0 Å². The third-order valence-corrected chi connectivity index (χ3v) is 3.32. The molecule has 0 saturated carbocycles. The SMILES string of the molecule is Cc1cc2c(s1)/C(=N/O)CCC2. The van der Waals surface area contributed by atoms with Crippen LogP contribution in [0, 0.1) is 6.92 Å². The van der Waals surface area contributed by atoms with Gasteiger partial charge in [-0.25, -0.2) is 0 Å². The summed E-state index contributed by atoms with van der Waals surface area (Å²) in [6.07, 6.45) is 3.17. The highest BCUT2D eigenvalue weighted by molar-refractivity contribution is 7.14. The Morgan fingerprint density at radius 2 is 2.33 bits per heavy atom. The van der Waals surface area contributed by atoms with Crippen LogP contribution in [-0.2, 0) is 6.42 Å². The van der Waals surface area contributed by atoms with Gasteiger partial charge in [0.05, 0.1) is 10.6 Å². The van der Waals surface area contributed by atoms with Crippen LogP contribution < -0.4 is 0 Å². The summed E-state index contributed by atoms with van der Waals surface area (Å²) in [5, 5.41) is 12.1. The Hall–Kier alpha value is -0.830. The lowest BCUT2D eigenvalue weighted by atomic mass is 9.97. The van der Waals surface area contributed by atoms with E-state index in [1.807, 2.05) is 0 Å². The third kappa shape index (κ3) is 1.14. The Morgan fingerprint density at radius 1 is 1.50 bits per heavy atom. The van der Waals surface area contributed by atoms with Crippen molar-refractivity contribution in [3.05, 3.63) is 21.4 Å². The molecule has 1 N–H and O–H groups in total. The fraction of sp³-hybridized carbons (Fsp3) is 0.444. The molecule has 1 heterocycles. The van der Waals surface area contributed by atoms with Crippen LogP contribution in [0.25, 0.3) is 0 Å². The molecule has 1 aliphatic rings. The first-order chi connectivity index (χ1) is 5.81. The van der Waals surface area contributed by atoms with Gasteiger partial charge in [0.15, 0.2) is 0 Å². The standard InChI is InChI=1S/C9H11NOS/c1-6-5-7-3-2-4-8(10-11)9(7)12-6/h5,11H,2-4H2,1H3/b10-8+. The summed E-state index contributed by atoms with van der Waals surface area (Å²) >= 11 is 1.73. The van der Waals surface area contributed by atoms with Crippen LogP contribution in [0.5, 0.6) is 0 Å². The average Bonchev–Trinajstić information content (AvgIpc) is 2.44. The number of aryl methyl sites for hydroxylation is 2. The highest BCUT2D eigenvalue weighted by Crippen LogP contribution is 2.29. The highest BCUT2D eigenvalue weighted by Gasteiger charge is 2.18. The predicted molar refractivity (Wildman–Crippen MR) is 50.3 cm³/mol. The topological polar surface area (TPSA) is 32.6 Å². The fourth-order valence-corrected chi connectivity index (χ4v) is 2.73. The van der Waals surface area contributed by atoms with Gasteiger partial charge in [0, 0.05) is 4.88 Å². The molecule has 3 heteroatoms. The van der Waals surface area contributed by atoms with Crippen LogP contribution in [0.2, 0.25) is 0 Å². The summed E-state index contributed by atoms with van der Waals surface area (Å²) in [6.45, 7) is 2.10. The van der Waals surface area contributed by atoms with E-state index in [1.165, 1.54) is 15.3 Å². The Kier molecular flexibility index (Phi) is 1.89. The molecule has 0 bridgehead atoms. The first-order valence-corrected chi connectivity index (χ1v) is 4.93. The van der Waals surface area contributed by atoms with E-state index in [-0.39, 0.29) is 0 Å². The normalized spacial score (nSPS) is 19.6. The smallest absolute Gasteiger partial charge is 0.0970 e. The van der Waals surface area contributed by atoms with Crippen molar-refractivity contribution < 1.29 is 5.21 Å². The number of rotatable bonds is 0. The van der Waals surface area contributed by atoms with Crippen molar-refractivity contribution in [1.29, 1.82) is 0 Å². The van der Waals surface area contributed by atoms with E-state index in [0.717, 1.165) is 25.0 Å². The minimum absolute atomic E-state index is 0.870. The molecule has 1 aliphatic carbocycles. The number of oxime groups is 1. The van der Waals surface area contributed by atoms with Crippen LogP contribution in [0.4, 0.5) is 0 Å². The first kappa shape index (κ1) is 7.80. The Bertz CT molecular complexity index is 327. The van der Waals surface area contributed by atoms with E-state index >= 15 is 0 Å². The lowest BCUT2D eigenvalue weighted by Gasteiger charge is -2.10. The summed E-state index contributed by atoms with van der Waals surface area (Å²) in [6, 6.07) is 2.20. The van der Waals surface area contributed by atoms with Gasteiger partial charge in [0.2, 0.25) is 0 Å². The van der Waals surface area contributed by atoms with Crippen molar-refractivity contribution >= 4 is 17.0 Å². The Balaban J connectivity index is 2.50. The van der Waals surface area contributed by atoms with Crippen LogP contribution in [0.15, 0.2) is 11.2 Å². The molecule has 0 fully saturated rings. The molecule has 0 atom stereocenters. The van der Waals surface area contributed by atoms with E-state index in [0.29, 0.717) is 0 Å². The van der Waals surface area contributed by atoms with E-state index in [1.54, 1.807) is 11.3 Å². The molecule has 1 aromatic rings. The van der Waals surface area contributed by atoms with Crippen molar-refractivity contribution in [1.82, 2.24) is 0 Å². The Labute approximate surface area is 75.5 Å². The van der Waals surface area contributed by atoms with E-state index in [9.17, 15) is 0 Å². The van der Waals surface area contributed by atoms with Gasteiger partial charge in [-0.3, -0.25) is 0 Å². The number of nitrogens with zero attached hydrogens (tertiary/aromatic N) is 1. The van der Waals surface area contributed by atoms with E-state index < -0.39 is 0 Å². The lowest BCUT2D eigenvalue weighted by molar-refractivity contribution is 0.317. The monoisotopic (exact) mass is 181 g/mol. The molecule has 2 nitrogen and oxygen atoms in total. The van der Waals surface area contributed by atoms with Crippen molar-refractivity contribution in [2.24, 2.45) is 5.16 Å². The molecule has 0 aromatic carbocycles. The van der Waals surface area contributed by atoms with Crippen LogP contribution in [-0.4, -0.2) is 10.9 Å². The van der Waals surface area contributed by atoms with Gasteiger partial charge in [-0.2, -0.15) is 0 Å². The molecule has 0 amide bonds. The zero-order valence-corrected chi connectivity index (χ0v) is 7.82. The maximum atomic E-state index is 8.74. The van der Waals surface area contributed by atoms with Gasteiger partial charge >= 0.3 is 0 Å². The quantitative estimate of drug-likeness (QED) is 0.484. The zero-order valence-electron chi connectivity index (χ0n) is 7.00. The van der Waals surface area contributed by atoms with Crippen LogP contribution >= 0.6 is 11.3 Å². The number of hydrogen-bond acceptors (Lipinski definition) is 3. The molecule has 0 unspecified atom stereocenters. The Morgan fingerprint density at radius 3 is 3.08 bits per heavy atom. The second kappa shape index (κ2) is 2.90. The van der Waals surface area contributed by atoms with Gasteiger partial charge in [0.25, 0.3) is 0 Å². The van der Waals surface area contributed by atoms with Crippen molar-refractivity contribution in [2.45, 2.75) is 26.2 Å². The molecular weight excluding hydrogens is 170 g/mol. The fourth-order valence-electron chi connectivity index (χ4n) is 1.65. The maximum absolute atomic E-state index is 8.74. The third-order valence-electron chi connectivity index (χ3n) is 2.17. The predicted octanol–water partition coefficient (Wildman–Crippen LogP) is 2.57. The van der Waals surface area contributed by atoms with Gasteiger partial charge < -0.3 is 5.21 Å². The second-order valence-corrected chi connectivity index (χ2v) is 4.37. The summed E-state index contributed by atoms with van der Waals surface area (Å²) in [5.41, 5.74) is 2.23. The van der Waals surface area contributed by atoms with Crippen LogP contribution in [0.3, 0.4) is 0 Å². The van der Waals surface area contributed by atoms with Gasteiger partial charge in [-0.1, -0.05) is 5.16 Å². The first-order valence-electron chi connectivity index (χ1n) is 4.12. The molecule has 0 spiro atoms. The summed E-state index contributed by atoms with van der Waals surface area (Å²) in [5.74, 6) is 0. The molecular formula is C9H11NOS. The van der Waals surface area contributed by atoms with Crippen molar-refractivity contribution in [3.8, 4) is 0 Å². The number of hydrogen-bond donors (Lipinski definition) is 1. The largest absolute Gasteiger partial charge is 0.411 e. The van der Waals surface area contributed by atoms with Crippen LogP contribution in [0.1, 0.15) is 28.2 Å². The second-order valence-electron chi connectivity index (χ2n) is 3.11. The summed E-state index contributed by atoms with van der Waals surface area (Å²) in [4.78, 5) is 2.50. The molecule has 0 saturated heterocycles. The van der Waals surface area contributed by atoms with Gasteiger partial charge in [-0.05, 0) is 37.8 Å². The average molecular weight is 181 g/mol. The molecule has 12 heavy (non-hydrogen) atoms. The number of thiophene rings is 1. The maximum Gasteiger partial charge on any atom is 0.0970 e. The lowest BCUT2D eigenvalue weighted by Crippen LogP contribution is -2.08. The molecule has 2 rings (SSSR count). The zero-order chi connectivity index (χ0) is 8.55. The minimum Gasteiger partial charge on any atom is -0.411 e. The molecule has 0 radical (unpaired) electrons.